The number of benzene rings is 1. The van der Waals surface area contributed by atoms with Gasteiger partial charge in [0.15, 0.2) is 11.5 Å². The van der Waals surface area contributed by atoms with Crippen molar-refractivity contribution < 1.29 is 9.47 Å². The maximum Gasteiger partial charge on any atom is 0.207 e. The Balaban J connectivity index is 1.97. The Morgan fingerprint density at radius 3 is 2.30 bits per heavy atom. The molecule has 2 aromatic rings. The molecule has 27 heavy (non-hydrogen) atoms. The van der Waals surface area contributed by atoms with Crippen LogP contribution in [0, 0.1) is 11.3 Å². The van der Waals surface area contributed by atoms with Crippen LogP contribution in [0.25, 0.3) is 10.9 Å². The molecule has 0 atom stereocenters. The van der Waals surface area contributed by atoms with Crippen LogP contribution in [0.1, 0.15) is 70.8 Å². The quantitative estimate of drug-likeness (QED) is 0.513. The number of H-pyrrole nitrogens is 1. The molecule has 0 aliphatic heterocycles. The highest BCUT2D eigenvalue weighted by atomic mass is 16.5. The minimum Gasteiger partial charge on any atom is -0.490 e. The minimum absolute atomic E-state index is 0.0979. The van der Waals surface area contributed by atoms with Crippen LogP contribution in [0.2, 0.25) is 0 Å². The monoisotopic (exact) mass is 370 g/mol. The van der Waals surface area contributed by atoms with Crippen molar-refractivity contribution >= 4 is 10.9 Å². The van der Waals surface area contributed by atoms with E-state index in [0.717, 1.165) is 12.8 Å². The Labute approximate surface area is 161 Å². The zero-order chi connectivity index (χ0) is 19.5. The molecule has 0 aliphatic rings. The third kappa shape index (κ3) is 6.02. The summed E-state index contributed by atoms with van der Waals surface area (Å²) in [5, 5.41) is 9.50. The molecular weight excluding hydrogens is 340 g/mol. The summed E-state index contributed by atoms with van der Waals surface area (Å²) in [6, 6.07) is 5.37. The number of aromatic nitrogens is 1. The number of pyridine rings is 1. The first kappa shape index (κ1) is 20.8. The summed E-state index contributed by atoms with van der Waals surface area (Å²) < 4.78 is 11.6. The average molecular weight is 370 g/mol. The van der Waals surface area contributed by atoms with Crippen LogP contribution < -0.4 is 14.9 Å². The first-order chi connectivity index (χ1) is 13.2. The van der Waals surface area contributed by atoms with Gasteiger partial charge in [0, 0.05) is 12.3 Å². The predicted octanol–water partition coefficient (Wildman–Crippen LogP) is 5.32. The van der Waals surface area contributed by atoms with Gasteiger partial charge in [-0.15, -0.1) is 0 Å². The number of hydrogen-bond acceptors (Lipinski definition) is 4. The van der Waals surface area contributed by atoms with Crippen molar-refractivity contribution in [3.05, 3.63) is 34.1 Å². The summed E-state index contributed by atoms with van der Waals surface area (Å²) in [6.45, 7) is 5.25. The highest BCUT2D eigenvalue weighted by molar-refractivity contribution is 5.83. The fourth-order valence-corrected chi connectivity index (χ4v) is 3.11. The van der Waals surface area contributed by atoms with E-state index < -0.39 is 0 Å². The van der Waals surface area contributed by atoms with Gasteiger partial charge in [0.05, 0.1) is 24.1 Å². The van der Waals surface area contributed by atoms with Crippen LogP contribution >= 0.6 is 0 Å². The fourth-order valence-electron chi connectivity index (χ4n) is 3.11. The number of ether oxygens (including phenoxy) is 2. The molecule has 0 spiro atoms. The summed E-state index contributed by atoms with van der Waals surface area (Å²) in [5.41, 5.74) is 0.453. The molecule has 0 saturated carbocycles. The van der Waals surface area contributed by atoms with Crippen LogP contribution in [0.15, 0.2) is 23.1 Å². The number of hydrogen-bond donors (Lipinski definition) is 1. The van der Waals surface area contributed by atoms with Crippen molar-refractivity contribution in [2.75, 3.05) is 13.2 Å². The van der Waals surface area contributed by atoms with Gasteiger partial charge >= 0.3 is 0 Å². The normalized spacial score (nSPS) is 10.7. The van der Waals surface area contributed by atoms with Crippen molar-refractivity contribution in [2.24, 2.45) is 0 Å². The Kier molecular flexibility index (Phi) is 8.70. The number of nitriles is 1. The first-order valence-corrected chi connectivity index (χ1v) is 10.1. The molecule has 0 aliphatic carbocycles. The first-order valence-electron chi connectivity index (χ1n) is 10.1. The molecule has 1 aromatic heterocycles. The van der Waals surface area contributed by atoms with Gasteiger partial charge in [-0.3, -0.25) is 4.79 Å². The molecule has 5 heteroatoms. The zero-order valence-electron chi connectivity index (χ0n) is 16.5. The summed E-state index contributed by atoms with van der Waals surface area (Å²) >= 11 is 0. The molecule has 5 nitrogen and oxygen atoms in total. The summed E-state index contributed by atoms with van der Waals surface area (Å²) in [5.74, 6) is 1.18. The Bertz CT molecular complexity index is 821. The molecule has 0 fully saturated rings. The van der Waals surface area contributed by atoms with Crippen molar-refractivity contribution in [3.8, 4) is 17.6 Å². The molecule has 1 N–H and O–H groups in total. The second-order valence-corrected chi connectivity index (χ2v) is 6.74. The van der Waals surface area contributed by atoms with Crippen LogP contribution in [-0.2, 0) is 0 Å². The van der Waals surface area contributed by atoms with Crippen molar-refractivity contribution in [1.82, 2.24) is 4.98 Å². The zero-order valence-corrected chi connectivity index (χ0v) is 16.5. The van der Waals surface area contributed by atoms with Crippen LogP contribution in [0.3, 0.4) is 0 Å². The molecular formula is C22H30N2O3. The molecule has 1 heterocycles. The lowest BCUT2D eigenvalue weighted by Crippen LogP contribution is -2.08. The fraction of sp³-hybridized carbons (Fsp3) is 0.545. The Hall–Kier alpha value is -2.48. The SMILES string of the molecule is CCCCCCCCCCOc1cc2c(=O)c(C#N)c[nH]c2cc1OCC. The van der Waals surface area contributed by atoms with Crippen LogP contribution in [0.4, 0.5) is 0 Å². The van der Waals surface area contributed by atoms with Gasteiger partial charge in [0.1, 0.15) is 11.6 Å². The van der Waals surface area contributed by atoms with E-state index in [2.05, 4.69) is 11.9 Å². The number of fused-ring (bicyclic) bond motifs is 1. The molecule has 146 valence electrons. The van der Waals surface area contributed by atoms with E-state index in [1.54, 1.807) is 12.1 Å². The van der Waals surface area contributed by atoms with Gasteiger partial charge in [0.25, 0.3) is 0 Å². The number of nitrogens with zero attached hydrogens (tertiary/aromatic N) is 1. The van der Waals surface area contributed by atoms with Crippen LogP contribution in [-0.4, -0.2) is 18.2 Å². The lowest BCUT2D eigenvalue weighted by atomic mass is 10.1. The van der Waals surface area contributed by atoms with E-state index in [9.17, 15) is 4.79 Å². The highest BCUT2D eigenvalue weighted by Crippen LogP contribution is 2.31. The molecule has 1 aromatic carbocycles. The minimum atomic E-state index is -0.286. The topological polar surface area (TPSA) is 75.1 Å². The molecule has 0 unspecified atom stereocenters. The van der Waals surface area contributed by atoms with E-state index in [1.165, 1.54) is 44.7 Å². The van der Waals surface area contributed by atoms with Gasteiger partial charge in [-0.1, -0.05) is 51.9 Å². The molecule has 2 rings (SSSR count). The number of nitrogens with one attached hydrogen (secondary N) is 1. The van der Waals surface area contributed by atoms with Gasteiger partial charge in [-0.05, 0) is 19.4 Å². The lowest BCUT2D eigenvalue weighted by Gasteiger charge is -2.13. The third-order valence-corrected chi connectivity index (χ3v) is 4.62. The highest BCUT2D eigenvalue weighted by Gasteiger charge is 2.12. The van der Waals surface area contributed by atoms with Gasteiger partial charge < -0.3 is 14.5 Å². The van der Waals surface area contributed by atoms with E-state index in [-0.39, 0.29) is 11.0 Å². The molecule has 0 radical (unpaired) electrons. The van der Waals surface area contributed by atoms with E-state index >= 15 is 0 Å². The number of rotatable bonds is 12. The second kappa shape index (κ2) is 11.3. The molecule has 0 amide bonds. The van der Waals surface area contributed by atoms with Crippen LogP contribution in [0.5, 0.6) is 11.5 Å². The second-order valence-electron chi connectivity index (χ2n) is 6.74. The Morgan fingerprint density at radius 1 is 0.963 bits per heavy atom. The van der Waals surface area contributed by atoms with E-state index in [4.69, 9.17) is 14.7 Å². The van der Waals surface area contributed by atoms with Gasteiger partial charge in [-0.25, -0.2) is 0 Å². The van der Waals surface area contributed by atoms with Gasteiger partial charge in [0.2, 0.25) is 5.43 Å². The molecule has 0 saturated heterocycles. The maximum absolute atomic E-state index is 12.4. The van der Waals surface area contributed by atoms with Crippen molar-refractivity contribution in [3.63, 3.8) is 0 Å². The molecule has 0 bridgehead atoms. The third-order valence-electron chi connectivity index (χ3n) is 4.62. The number of unbranched alkanes of at least 4 members (excludes halogenated alkanes) is 7. The van der Waals surface area contributed by atoms with Crippen molar-refractivity contribution in [2.45, 2.75) is 65.2 Å². The summed E-state index contributed by atoms with van der Waals surface area (Å²) in [4.78, 5) is 15.3. The predicted molar refractivity (Wildman–Crippen MR) is 109 cm³/mol. The largest absolute Gasteiger partial charge is 0.490 e. The summed E-state index contributed by atoms with van der Waals surface area (Å²) in [6.07, 6.45) is 11.3. The van der Waals surface area contributed by atoms with E-state index in [0.29, 0.717) is 35.6 Å². The lowest BCUT2D eigenvalue weighted by molar-refractivity contribution is 0.271. The Morgan fingerprint density at radius 2 is 1.63 bits per heavy atom. The maximum atomic E-state index is 12.4. The van der Waals surface area contributed by atoms with Crippen molar-refractivity contribution in [1.29, 1.82) is 5.26 Å². The van der Waals surface area contributed by atoms with Gasteiger partial charge in [-0.2, -0.15) is 5.26 Å². The summed E-state index contributed by atoms with van der Waals surface area (Å²) in [7, 11) is 0. The standard InChI is InChI=1S/C22H30N2O3/c1-3-5-6-7-8-9-10-11-12-27-20-13-18-19(14-21(20)26-4-2)24-16-17(15-23)22(18)25/h13-14,16H,3-12H2,1-2H3,(H,24,25). The smallest absolute Gasteiger partial charge is 0.207 e. The average Bonchev–Trinajstić information content (AvgIpc) is 2.68. The number of aromatic amines is 1. The van der Waals surface area contributed by atoms with E-state index in [1.807, 2.05) is 13.0 Å².